The van der Waals surface area contributed by atoms with E-state index in [2.05, 4.69) is 12.2 Å². The summed E-state index contributed by atoms with van der Waals surface area (Å²) in [6.07, 6.45) is 1.96. The first-order valence-electron chi connectivity index (χ1n) is 8.57. The largest absolute Gasteiger partial charge is 0.493 e. The van der Waals surface area contributed by atoms with Crippen LogP contribution in [0.3, 0.4) is 0 Å². The van der Waals surface area contributed by atoms with Crippen molar-refractivity contribution in [3.05, 3.63) is 58.9 Å². The number of nitrogens with one attached hydrogen (secondary N) is 1. The molecule has 0 aliphatic carbocycles. The van der Waals surface area contributed by atoms with Gasteiger partial charge < -0.3 is 19.9 Å². The number of aromatic carboxylic acids is 1. The lowest BCUT2D eigenvalue weighted by atomic mass is 10.1. The second-order valence-corrected chi connectivity index (χ2v) is 5.87. The summed E-state index contributed by atoms with van der Waals surface area (Å²) >= 11 is 0. The van der Waals surface area contributed by atoms with Gasteiger partial charge in [0.25, 0.3) is 5.91 Å². The molecule has 2 aromatic carbocycles. The van der Waals surface area contributed by atoms with Gasteiger partial charge in [0.2, 0.25) is 0 Å². The Hall–Kier alpha value is -3.09. The zero-order valence-corrected chi connectivity index (χ0v) is 15.3. The fourth-order valence-electron chi connectivity index (χ4n) is 2.38. The number of rotatable bonds is 9. The Morgan fingerprint density at radius 2 is 1.93 bits per heavy atom. The second-order valence-electron chi connectivity index (χ2n) is 5.87. The highest BCUT2D eigenvalue weighted by molar-refractivity contribution is 5.96. The Labute approximate surface area is 156 Å². The van der Waals surface area contributed by atoms with E-state index in [9.17, 15) is 14.0 Å². The van der Waals surface area contributed by atoms with Gasteiger partial charge in [0, 0.05) is 6.54 Å². The summed E-state index contributed by atoms with van der Waals surface area (Å²) in [7, 11) is 1.53. The fraction of sp³-hybridized carbons (Fsp3) is 0.300. The molecule has 0 fully saturated rings. The molecular formula is C20H22FNO5. The van der Waals surface area contributed by atoms with Gasteiger partial charge in [-0.15, -0.1) is 0 Å². The summed E-state index contributed by atoms with van der Waals surface area (Å²) in [6, 6.07) is 8.45. The van der Waals surface area contributed by atoms with Gasteiger partial charge in [-0.25, -0.2) is 9.18 Å². The van der Waals surface area contributed by atoms with Crippen molar-refractivity contribution in [2.75, 3.05) is 13.7 Å². The Kier molecular flexibility index (Phi) is 7.16. The molecule has 0 atom stereocenters. The smallest absolute Gasteiger partial charge is 0.335 e. The molecule has 0 bridgehead atoms. The lowest BCUT2D eigenvalue weighted by molar-refractivity contribution is 0.0695. The summed E-state index contributed by atoms with van der Waals surface area (Å²) in [5.74, 6) is -1.60. The summed E-state index contributed by atoms with van der Waals surface area (Å²) in [4.78, 5) is 23.0. The maximum atomic E-state index is 13.9. The van der Waals surface area contributed by atoms with Crippen molar-refractivity contribution in [2.24, 2.45) is 0 Å². The SMILES string of the molecule is CCCCOc1ccc(CNC(=O)c2ccc(C(=O)O)cc2F)cc1OC. The van der Waals surface area contributed by atoms with Crippen LogP contribution in [0.1, 0.15) is 46.0 Å². The lowest BCUT2D eigenvalue weighted by Gasteiger charge is -2.12. The maximum Gasteiger partial charge on any atom is 0.335 e. The van der Waals surface area contributed by atoms with Crippen LogP contribution in [0.15, 0.2) is 36.4 Å². The zero-order chi connectivity index (χ0) is 19.8. The Morgan fingerprint density at radius 1 is 1.15 bits per heavy atom. The summed E-state index contributed by atoms with van der Waals surface area (Å²) in [5.41, 5.74) is 0.324. The molecule has 7 heteroatoms. The molecule has 0 spiro atoms. The number of amides is 1. The average molecular weight is 375 g/mol. The third-order valence-electron chi connectivity index (χ3n) is 3.90. The van der Waals surface area contributed by atoms with E-state index in [1.54, 1.807) is 18.2 Å². The van der Waals surface area contributed by atoms with Crippen molar-refractivity contribution in [1.82, 2.24) is 5.32 Å². The first-order valence-corrected chi connectivity index (χ1v) is 8.57. The lowest BCUT2D eigenvalue weighted by Crippen LogP contribution is -2.24. The highest BCUT2D eigenvalue weighted by atomic mass is 19.1. The van der Waals surface area contributed by atoms with Crippen LogP contribution in [0, 0.1) is 5.82 Å². The standard InChI is InChI=1S/C20H22FNO5/c1-3-4-9-27-17-8-5-13(10-18(17)26-2)12-22-19(23)15-7-6-14(20(24)25)11-16(15)21/h5-8,10-11H,3-4,9,12H2,1-2H3,(H,22,23)(H,24,25). The van der Waals surface area contributed by atoms with Crippen molar-refractivity contribution in [3.8, 4) is 11.5 Å². The third-order valence-corrected chi connectivity index (χ3v) is 3.90. The van der Waals surface area contributed by atoms with E-state index in [1.165, 1.54) is 13.2 Å². The van der Waals surface area contributed by atoms with Gasteiger partial charge in [0.15, 0.2) is 11.5 Å². The molecule has 2 aromatic rings. The second kappa shape index (κ2) is 9.56. The number of ether oxygens (including phenoxy) is 2. The van der Waals surface area contributed by atoms with E-state index in [-0.39, 0.29) is 17.7 Å². The van der Waals surface area contributed by atoms with E-state index in [0.717, 1.165) is 30.5 Å². The van der Waals surface area contributed by atoms with Crippen LogP contribution in [0.2, 0.25) is 0 Å². The van der Waals surface area contributed by atoms with Crippen LogP contribution in [-0.2, 0) is 6.54 Å². The monoisotopic (exact) mass is 375 g/mol. The van der Waals surface area contributed by atoms with Gasteiger partial charge in [0.1, 0.15) is 5.82 Å². The molecule has 2 rings (SSSR count). The predicted molar refractivity (Wildman–Crippen MR) is 97.9 cm³/mol. The van der Waals surface area contributed by atoms with E-state index in [0.29, 0.717) is 18.1 Å². The molecule has 144 valence electrons. The molecule has 27 heavy (non-hydrogen) atoms. The number of carbonyl (C=O) groups excluding carboxylic acids is 1. The quantitative estimate of drug-likeness (QED) is 0.654. The molecule has 0 saturated carbocycles. The molecule has 0 unspecified atom stereocenters. The number of carboxylic acid groups (broad SMARTS) is 1. The molecule has 0 aromatic heterocycles. The highest BCUT2D eigenvalue weighted by Gasteiger charge is 2.14. The van der Waals surface area contributed by atoms with Crippen molar-refractivity contribution in [2.45, 2.75) is 26.3 Å². The van der Waals surface area contributed by atoms with Gasteiger partial charge in [-0.3, -0.25) is 4.79 Å². The summed E-state index contributed by atoms with van der Waals surface area (Å²) in [6.45, 7) is 2.82. The number of carbonyl (C=O) groups is 2. The van der Waals surface area contributed by atoms with Crippen molar-refractivity contribution < 1.29 is 28.6 Å². The zero-order valence-electron chi connectivity index (χ0n) is 15.3. The van der Waals surface area contributed by atoms with Gasteiger partial charge in [-0.2, -0.15) is 0 Å². The van der Waals surface area contributed by atoms with E-state index < -0.39 is 17.7 Å². The van der Waals surface area contributed by atoms with Crippen molar-refractivity contribution in [1.29, 1.82) is 0 Å². The Morgan fingerprint density at radius 3 is 2.56 bits per heavy atom. The van der Waals surface area contributed by atoms with E-state index in [4.69, 9.17) is 14.6 Å². The number of hydrogen-bond donors (Lipinski definition) is 2. The molecular weight excluding hydrogens is 353 g/mol. The van der Waals surface area contributed by atoms with Gasteiger partial charge in [-0.05, 0) is 42.3 Å². The van der Waals surface area contributed by atoms with Crippen LogP contribution in [0.4, 0.5) is 4.39 Å². The maximum absolute atomic E-state index is 13.9. The first kappa shape index (κ1) is 20.2. The molecule has 0 heterocycles. The first-order chi connectivity index (χ1) is 13.0. The normalized spacial score (nSPS) is 10.3. The number of halogens is 1. The van der Waals surface area contributed by atoms with Crippen LogP contribution >= 0.6 is 0 Å². The molecule has 0 aliphatic rings. The van der Waals surface area contributed by atoms with Crippen LogP contribution in [0.5, 0.6) is 11.5 Å². The van der Waals surface area contributed by atoms with E-state index >= 15 is 0 Å². The number of methoxy groups -OCH3 is 1. The van der Waals surface area contributed by atoms with Crippen LogP contribution < -0.4 is 14.8 Å². The Balaban J connectivity index is 2.03. The topological polar surface area (TPSA) is 84.9 Å². The molecule has 0 saturated heterocycles. The highest BCUT2D eigenvalue weighted by Crippen LogP contribution is 2.28. The summed E-state index contributed by atoms with van der Waals surface area (Å²) in [5, 5.41) is 11.4. The number of benzene rings is 2. The van der Waals surface area contributed by atoms with E-state index in [1.807, 2.05) is 0 Å². The Bertz CT molecular complexity index is 822. The minimum absolute atomic E-state index is 0.157. The number of unbranched alkanes of at least 4 members (excludes halogenated alkanes) is 1. The predicted octanol–water partition coefficient (Wildman–Crippen LogP) is 3.64. The molecule has 2 N–H and O–H groups in total. The van der Waals surface area contributed by atoms with Gasteiger partial charge in [-0.1, -0.05) is 19.4 Å². The third kappa shape index (κ3) is 5.44. The number of carboxylic acids is 1. The fourth-order valence-corrected chi connectivity index (χ4v) is 2.38. The average Bonchev–Trinajstić information content (AvgIpc) is 2.66. The van der Waals surface area contributed by atoms with Crippen molar-refractivity contribution >= 4 is 11.9 Å². The van der Waals surface area contributed by atoms with Crippen molar-refractivity contribution in [3.63, 3.8) is 0 Å². The number of hydrogen-bond acceptors (Lipinski definition) is 4. The van der Waals surface area contributed by atoms with Crippen LogP contribution in [0.25, 0.3) is 0 Å². The molecule has 0 aliphatic heterocycles. The van der Waals surface area contributed by atoms with Crippen LogP contribution in [-0.4, -0.2) is 30.7 Å². The minimum atomic E-state index is -1.26. The minimum Gasteiger partial charge on any atom is -0.493 e. The van der Waals surface area contributed by atoms with Gasteiger partial charge >= 0.3 is 5.97 Å². The molecule has 6 nitrogen and oxygen atoms in total. The molecule has 0 radical (unpaired) electrons. The van der Waals surface area contributed by atoms with Gasteiger partial charge in [0.05, 0.1) is 24.8 Å². The molecule has 1 amide bonds. The summed E-state index contributed by atoms with van der Waals surface area (Å²) < 4.78 is 24.9.